The first-order valence-corrected chi connectivity index (χ1v) is 6.62. The van der Waals surface area contributed by atoms with Gasteiger partial charge >= 0.3 is 6.18 Å². The number of fused-ring (bicyclic) bond motifs is 1. The van der Waals surface area contributed by atoms with Crippen molar-refractivity contribution in [3.05, 3.63) is 47.8 Å². The molecule has 3 aromatic rings. The Morgan fingerprint density at radius 2 is 2.00 bits per heavy atom. The molecule has 2 heterocycles. The number of nitrogens with zero attached hydrogens (tertiary/aromatic N) is 4. The van der Waals surface area contributed by atoms with E-state index in [-0.39, 0.29) is 11.5 Å². The lowest BCUT2D eigenvalue weighted by Gasteiger charge is -2.08. The second-order valence-electron chi connectivity index (χ2n) is 4.77. The van der Waals surface area contributed by atoms with Crippen molar-refractivity contribution in [2.75, 3.05) is 12.4 Å². The number of alkyl halides is 3. The molecule has 23 heavy (non-hydrogen) atoms. The van der Waals surface area contributed by atoms with E-state index in [2.05, 4.69) is 20.6 Å². The molecule has 1 aromatic carbocycles. The van der Waals surface area contributed by atoms with Crippen LogP contribution in [0.1, 0.15) is 11.4 Å². The molecule has 0 aliphatic heterocycles. The molecule has 1 N–H and O–H groups in total. The van der Waals surface area contributed by atoms with E-state index in [1.165, 1.54) is 12.1 Å². The Morgan fingerprint density at radius 3 is 2.74 bits per heavy atom. The van der Waals surface area contributed by atoms with Gasteiger partial charge in [-0.2, -0.15) is 17.7 Å². The number of rotatable bonds is 4. The van der Waals surface area contributed by atoms with Crippen molar-refractivity contribution >= 4 is 17.2 Å². The number of methoxy groups -OCH3 is 1. The van der Waals surface area contributed by atoms with Crippen molar-refractivity contribution in [3.63, 3.8) is 0 Å². The molecule has 0 radical (unpaired) electrons. The maximum Gasteiger partial charge on any atom is 0.453 e. The van der Waals surface area contributed by atoms with Gasteiger partial charge in [0.1, 0.15) is 0 Å². The van der Waals surface area contributed by atoms with Crippen LogP contribution in [0.15, 0.2) is 36.4 Å². The van der Waals surface area contributed by atoms with Crippen molar-refractivity contribution in [3.8, 4) is 0 Å². The van der Waals surface area contributed by atoms with Crippen LogP contribution in [0.4, 0.5) is 24.7 Å². The van der Waals surface area contributed by atoms with Crippen LogP contribution in [0.25, 0.3) is 5.65 Å². The highest BCUT2D eigenvalue weighted by molar-refractivity contribution is 5.58. The third kappa shape index (κ3) is 3.24. The third-order valence-electron chi connectivity index (χ3n) is 3.03. The van der Waals surface area contributed by atoms with Crippen molar-refractivity contribution in [1.82, 2.24) is 19.8 Å². The smallest absolute Gasteiger partial charge is 0.380 e. The van der Waals surface area contributed by atoms with Crippen molar-refractivity contribution in [2.24, 2.45) is 0 Å². The van der Waals surface area contributed by atoms with Gasteiger partial charge in [-0.05, 0) is 29.8 Å². The normalized spacial score (nSPS) is 11.8. The minimum Gasteiger partial charge on any atom is -0.380 e. The number of hydrogen-bond acceptors (Lipinski definition) is 5. The predicted octanol–water partition coefficient (Wildman–Crippen LogP) is 3.03. The largest absolute Gasteiger partial charge is 0.453 e. The molecular formula is C14H12F3N5O. The molecule has 0 aliphatic carbocycles. The Kier molecular flexibility index (Phi) is 3.87. The lowest BCUT2D eigenvalue weighted by atomic mass is 10.2. The molecule has 3 rings (SSSR count). The van der Waals surface area contributed by atoms with E-state index in [4.69, 9.17) is 4.74 Å². The van der Waals surface area contributed by atoms with Gasteiger partial charge in [-0.3, -0.25) is 0 Å². The third-order valence-corrected chi connectivity index (χ3v) is 3.03. The molecule has 9 heteroatoms. The van der Waals surface area contributed by atoms with Crippen LogP contribution in [0.3, 0.4) is 0 Å². The molecule has 0 aliphatic rings. The van der Waals surface area contributed by atoms with E-state index in [1.807, 2.05) is 18.2 Å². The summed E-state index contributed by atoms with van der Waals surface area (Å²) in [5.74, 6) is -0.915. The van der Waals surface area contributed by atoms with E-state index in [0.29, 0.717) is 16.8 Å². The maximum atomic E-state index is 12.8. The van der Waals surface area contributed by atoms with Gasteiger partial charge in [0.15, 0.2) is 11.5 Å². The maximum absolute atomic E-state index is 12.8. The number of hydrogen-bond donors (Lipinski definition) is 1. The fourth-order valence-electron chi connectivity index (χ4n) is 2.09. The molecule has 0 saturated heterocycles. The summed E-state index contributed by atoms with van der Waals surface area (Å²) in [6, 6.07) is 10.2. The van der Waals surface area contributed by atoms with Gasteiger partial charge in [0.05, 0.1) is 6.61 Å². The second-order valence-corrected chi connectivity index (χ2v) is 4.77. The molecular weight excluding hydrogens is 311 g/mol. The molecule has 0 bridgehead atoms. The number of benzene rings is 1. The van der Waals surface area contributed by atoms with Gasteiger partial charge in [0, 0.05) is 12.8 Å². The Morgan fingerprint density at radius 1 is 1.17 bits per heavy atom. The molecule has 6 nitrogen and oxygen atoms in total. The Bertz CT molecular complexity index is 831. The zero-order chi connectivity index (χ0) is 16.4. The quantitative estimate of drug-likeness (QED) is 0.799. The fraction of sp³-hybridized carbons (Fsp3) is 0.214. The van der Waals surface area contributed by atoms with E-state index < -0.39 is 12.0 Å². The zero-order valence-electron chi connectivity index (χ0n) is 12.0. The number of halogens is 3. The van der Waals surface area contributed by atoms with Gasteiger partial charge in [-0.25, -0.2) is 0 Å². The summed E-state index contributed by atoms with van der Waals surface area (Å²) in [7, 11) is 1.58. The Balaban J connectivity index is 1.93. The summed E-state index contributed by atoms with van der Waals surface area (Å²) in [4.78, 5) is 0. The van der Waals surface area contributed by atoms with Crippen LogP contribution in [0.2, 0.25) is 0 Å². The number of aromatic nitrogens is 4. The van der Waals surface area contributed by atoms with Gasteiger partial charge < -0.3 is 10.1 Å². The lowest BCUT2D eigenvalue weighted by molar-refractivity contribution is -0.146. The first-order chi connectivity index (χ1) is 11.0. The van der Waals surface area contributed by atoms with Crippen molar-refractivity contribution in [2.45, 2.75) is 12.8 Å². The number of nitrogens with one attached hydrogen (secondary N) is 1. The topological polar surface area (TPSA) is 64.3 Å². The van der Waals surface area contributed by atoms with Crippen LogP contribution in [0.5, 0.6) is 0 Å². The van der Waals surface area contributed by atoms with E-state index in [0.717, 1.165) is 5.56 Å². The van der Waals surface area contributed by atoms with Gasteiger partial charge in [0.2, 0.25) is 0 Å². The molecule has 0 saturated carbocycles. The summed E-state index contributed by atoms with van der Waals surface area (Å²) < 4.78 is 44.3. The fourth-order valence-corrected chi connectivity index (χ4v) is 2.09. The number of anilines is 2. The van der Waals surface area contributed by atoms with E-state index >= 15 is 0 Å². The minimum atomic E-state index is -4.62. The van der Waals surface area contributed by atoms with Gasteiger partial charge in [-0.15, -0.1) is 15.3 Å². The Hall–Kier alpha value is -2.68. The van der Waals surface area contributed by atoms with Crippen LogP contribution in [-0.4, -0.2) is 26.9 Å². The number of ether oxygens (including phenoxy) is 1. The second kappa shape index (κ2) is 5.84. The first-order valence-electron chi connectivity index (χ1n) is 6.62. The average molecular weight is 323 g/mol. The standard InChI is InChI=1S/C14H12F3N5O/c1-23-8-9-3-2-4-10(7-9)18-11-5-6-12-19-20-13(14(15,16)17)22(12)21-11/h2-7H,8H2,1H3,(H,18,21). The van der Waals surface area contributed by atoms with E-state index in [9.17, 15) is 13.2 Å². The van der Waals surface area contributed by atoms with Gasteiger partial charge in [-0.1, -0.05) is 12.1 Å². The molecule has 0 atom stereocenters. The Labute approximate surface area is 128 Å². The van der Waals surface area contributed by atoms with Crippen molar-refractivity contribution in [1.29, 1.82) is 0 Å². The van der Waals surface area contributed by atoms with Crippen LogP contribution in [0, 0.1) is 0 Å². The van der Waals surface area contributed by atoms with Crippen LogP contribution in [-0.2, 0) is 17.5 Å². The average Bonchev–Trinajstić information content (AvgIpc) is 2.91. The molecule has 0 amide bonds. The first kappa shape index (κ1) is 15.2. The lowest BCUT2D eigenvalue weighted by Crippen LogP contribution is -2.13. The summed E-state index contributed by atoms with van der Waals surface area (Å²) >= 11 is 0. The molecule has 2 aromatic heterocycles. The summed E-state index contributed by atoms with van der Waals surface area (Å²) in [6.45, 7) is 0.436. The van der Waals surface area contributed by atoms with Crippen LogP contribution >= 0.6 is 0 Å². The summed E-state index contributed by atoms with van der Waals surface area (Å²) in [6.07, 6.45) is -4.62. The predicted molar refractivity (Wildman–Crippen MR) is 76.2 cm³/mol. The SMILES string of the molecule is COCc1cccc(Nc2ccc3nnc(C(F)(F)F)n3n2)c1. The zero-order valence-corrected chi connectivity index (χ0v) is 12.0. The monoisotopic (exact) mass is 323 g/mol. The van der Waals surface area contributed by atoms with Gasteiger partial charge in [0.25, 0.3) is 5.82 Å². The highest BCUT2D eigenvalue weighted by Gasteiger charge is 2.37. The highest BCUT2D eigenvalue weighted by Crippen LogP contribution is 2.27. The minimum absolute atomic E-state index is 0.0241. The summed E-state index contributed by atoms with van der Waals surface area (Å²) in [5, 5.41) is 13.4. The van der Waals surface area contributed by atoms with Crippen molar-refractivity contribution < 1.29 is 17.9 Å². The molecule has 0 spiro atoms. The molecule has 0 fully saturated rings. The molecule has 0 unspecified atom stereocenters. The highest BCUT2D eigenvalue weighted by atomic mass is 19.4. The van der Waals surface area contributed by atoms with Crippen LogP contribution < -0.4 is 5.32 Å². The van der Waals surface area contributed by atoms with E-state index in [1.54, 1.807) is 13.2 Å². The summed E-state index contributed by atoms with van der Waals surface area (Å²) in [5.41, 5.74) is 1.64. The molecule has 120 valence electrons.